The van der Waals surface area contributed by atoms with Crippen LogP contribution in [0.1, 0.15) is 57.4 Å². The van der Waals surface area contributed by atoms with Crippen LogP contribution in [0.5, 0.6) is 0 Å². The molecule has 0 atom stereocenters. The Morgan fingerprint density at radius 1 is 1.04 bits per heavy atom. The van der Waals surface area contributed by atoms with Crippen LogP contribution in [-0.2, 0) is 16.0 Å². The molecule has 2 amide bonds. The minimum Gasteiger partial charge on any atom is -0.347 e. The Morgan fingerprint density at radius 2 is 1.69 bits per heavy atom. The van der Waals surface area contributed by atoms with E-state index in [2.05, 4.69) is 17.6 Å². The van der Waals surface area contributed by atoms with Gasteiger partial charge in [-0.15, -0.1) is 0 Å². The molecule has 26 heavy (non-hydrogen) atoms. The van der Waals surface area contributed by atoms with Crippen molar-refractivity contribution in [3.63, 3.8) is 0 Å². The maximum Gasteiger partial charge on any atom is 0.243 e. The van der Waals surface area contributed by atoms with Gasteiger partial charge in [0.2, 0.25) is 11.8 Å². The molecule has 4 aliphatic carbocycles. The maximum absolute atomic E-state index is 12.5. The van der Waals surface area contributed by atoms with Gasteiger partial charge in [0.05, 0.1) is 6.54 Å². The summed E-state index contributed by atoms with van der Waals surface area (Å²) in [6.07, 6.45) is 9.38. The first-order chi connectivity index (χ1) is 12.5. The fourth-order valence-electron chi connectivity index (χ4n) is 6.16. The predicted octanol–water partition coefficient (Wildman–Crippen LogP) is 3.91. The number of hydrogen-bond acceptors (Lipinski definition) is 2. The van der Waals surface area contributed by atoms with Crippen LogP contribution < -0.4 is 10.6 Å². The van der Waals surface area contributed by atoms with Gasteiger partial charge in [-0.1, -0.05) is 19.1 Å². The van der Waals surface area contributed by atoms with Crippen LogP contribution >= 0.6 is 0 Å². The third-order valence-corrected chi connectivity index (χ3v) is 6.77. The van der Waals surface area contributed by atoms with E-state index in [4.69, 9.17) is 0 Å². The van der Waals surface area contributed by atoms with Gasteiger partial charge < -0.3 is 10.6 Å². The molecule has 4 heteroatoms. The Morgan fingerprint density at radius 3 is 2.31 bits per heavy atom. The summed E-state index contributed by atoms with van der Waals surface area (Å²) in [5.74, 6) is 2.44. The lowest BCUT2D eigenvalue weighted by Gasteiger charge is -2.56. The van der Waals surface area contributed by atoms with Gasteiger partial charge in [-0.3, -0.25) is 9.59 Å². The molecule has 0 spiro atoms. The number of hydrogen-bond donors (Lipinski definition) is 2. The second-order valence-corrected chi connectivity index (χ2v) is 8.97. The molecular weight excluding hydrogens is 324 g/mol. The Bertz CT molecular complexity index is 662. The van der Waals surface area contributed by atoms with Gasteiger partial charge in [-0.2, -0.15) is 0 Å². The number of benzene rings is 1. The summed E-state index contributed by atoms with van der Waals surface area (Å²) < 4.78 is 0. The molecule has 0 heterocycles. The van der Waals surface area contributed by atoms with Crippen LogP contribution in [0.15, 0.2) is 24.3 Å². The van der Waals surface area contributed by atoms with Crippen molar-refractivity contribution in [3.05, 3.63) is 29.8 Å². The van der Waals surface area contributed by atoms with E-state index in [0.29, 0.717) is 6.42 Å². The van der Waals surface area contributed by atoms with Crippen LogP contribution in [0.4, 0.5) is 5.69 Å². The Kier molecular flexibility index (Phi) is 4.76. The number of amides is 2. The molecule has 1 aromatic carbocycles. The van der Waals surface area contributed by atoms with Crippen LogP contribution in [-0.4, -0.2) is 18.4 Å². The highest BCUT2D eigenvalue weighted by atomic mass is 16.2. The predicted molar refractivity (Wildman–Crippen MR) is 103 cm³/mol. The standard InChI is InChI=1S/C22H30N2O2/c1-2-15-4-3-5-19(9-15)24-21(26)14-23-20(25)13-22-10-16-6-17(11-22)8-18(7-16)12-22/h3-5,9,16-18H,2,6-8,10-14H2,1H3,(H,23,25)(H,24,26). The monoisotopic (exact) mass is 354 g/mol. The largest absolute Gasteiger partial charge is 0.347 e. The van der Waals surface area contributed by atoms with E-state index < -0.39 is 0 Å². The first-order valence-electron chi connectivity index (χ1n) is 10.2. The van der Waals surface area contributed by atoms with Gasteiger partial charge in [0.1, 0.15) is 0 Å². The van der Waals surface area contributed by atoms with Crippen molar-refractivity contribution in [1.82, 2.24) is 5.32 Å². The summed E-state index contributed by atoms with van der Waals surface area (Å²) in [6, 6.07) is 7.85. The number of anilines is 1. The van der Waals surface area contributed by atoms with E-state index >= 15 is 0 Å². The highest BCUT2D eigenvalue weighted by Gasteiger charge is 2.51. The molecule has 4 aliphatic rings. The zero-order chi connectivity index (χ0) is 18.1. The summed E-state index contributed by atoms with van der Waals surface area (Å²) in [6.45, 7) is 2.15. The average molecular weight is 354 g/mol. The zero-order valence-corrected chi connectivity index (χ0v) is 15.7. The third-order valence-electron chi connectivity index (χ3n) is 6.77. The van der Waals surface area contributed by atoms with Crippen molar-refractivity contribution in [1.29, 1.82) is 0 Å². The molecule has 2 N–H and O–H groups in total. The smallest absolute Gasteiger partial charge is 0.243 e. The fraction of sp³-hybridized carbons (Fsp3) is 0.636. The van der Waals surface area contributed by atoms with E-state index in [9.17, 15) is 9.59 Å². The van der Waals surface area contributed by atoms with E-state index in [1.165, 1.54) is 44.1 Å². The van der Waals surface area contributed by atoms with Gasteiger partial charge >= 0.3 is 0 Å². The van der Waals surface area contributed by atoms with Crippen LogP contribution in [0.2, 0.25) is 0 Å². The first kappa shape index (κ1) is 17.6. The molecule has 4 bridgehead atoms. The third kappa shape index (κ3) is 3.79. The van der Waals surface area contributed by atoms with Crippen molar-refractivity contribution in [2.24, 2.45) is 23.2 Å². The zero-order valence-electron chi connectivity index (χ0n) is 15.7. The van der Waals surface area contributed by atoms with Crippen molar-refractivity contribution in [2.75, 3.05) is 11.9 Å². The molecule has 0 aliphatic heterocycles. The molecule has 4 nitrogen and oxygen atoms in total. The normalized spacial score (nSPS) is 31.7. The first-order valence-corrected chi connectivity index (χ1v) is 10.2. The van der Waals surface area contributed by atoms with Crippen molar-refractivity contribution in [2.45, 2.75) is 58.3 Å². The summed E-state index contributed by atoms with van der Waals surface area (Å²) in [5, 5.41) is 5.73. The molecule has 0 saturated heterocycles. The molecule has 0 unspecified atom stereocenters. The van der Waals surface area contributed by atoms with Crippen LogP contribution in [0.3, 0.4) is 0 Å². The van der Waals surface area contributed by atoms with Crippen LogP contribution in [0.25, 0.3) is 0 Å². The average Bonchev–Trinajstić information content (AvgIpc) is 2.58. The molecule has 1 aromatic rings. The molecule has 4 fully saturated rings. The lowest BCUT2D eigenvalue weighted by molar-refractivity contribution is -0.131. The molecule has 140 valence electrons. The second-order valence-electron chi connectivity index (χ2n) is 8.97. The fourth-order valence-corrected chi connectivity index (χ4v) is 6.16. The van der Waals surface area contributed by atoms with E-state index in [1.807, 2.05) is 24.3 Å². The van der Waals surface area contributed by atoms with E-state index in [1.54, 1.807) is 0 Å². The second kappa shape index (κ2) is 7.05. The lowest BCUT2D eigenvalue weighted by atomic mass is 9.49. The number of carbonyl (C=O) groups is 2. The minimum atomic E-state index is -0.155. The van der Waals surface area contributed by atoms with Gasteiger partial charge in [-0.05, 0) is 85.8 Å². The van der Waals surface area contributed by atoms with E-state index in [0.717, 1.165) is 29.9 Å². The summed E-state index contributed by atoms with van der Waals surface area (Å²) in [4.78, 5) is 24.6. The number of carbonyl (C=O) groups excluding carboxylic acids is 2. The summed E-state index contributed by atoms with van der Waals surface area (Å²) >= 11 is 0. The SMILES string of the molecule is CCc1cccc(NC(=O)CNC(=O)CC23CC4CC(CC(C4)C2)C3)c1. The summed E-state index contributed by atoms with van der Waals surface area (Å²) in [5.41, 5.74) is 2.21. The molecule has 4 saturated carbocycles. The highest BCUT2D eigenvalue weighted by molar-refractivity contribution is 5.94. The van der Waals surface area contributed by atoms with Crippen LogP contribution in [0, 0.1) is 23.2 Å². The van der Waals surface area contributed by atoms with Gasteiger partial charge in [0, 0.05) is 12.1 Å². The van der Waals surface area contributed by atoms with Crippen molar-refractivity contribution < 1.29 is 9.59 Å². The minimum absolute atomic E-state index is 0.0457. The molecule has 0 radical (unpaired) electrons. The highest BCUT2D eigenvalue weighted by Crippen LogP contribution is 2.61. The Balaban J connectivity index is 1.27. The van der Waals surface area contributed by atoms with Gasteiger partial charge in [0.15, 0.2) is 0 Å². The van der Waals surface area contributed by atoms with Gasteiger partial charge in [0.25, 0.3) is 0 Å². The number of aryl methyl sites for hydroxylation is 1. The van der Waals surface area contributed by atoms with Crippen molar-refractivity contribution in [3.8, 4) is 0 Å². The summed E-state index contributed by atoms with van der Waals surface area (Å²) in [7, 11) is 0. The number of rotatable bonds is 6. The molecular formula is C22H30N2O2. The Labute approximate surface area is 156 Å². The van der Waals surface area contributed by atoms with Crippen molar-refractivity contribution >= 4 is 17.5 Å². The molecule has 5 rings (SSSR count). The Hall–Kier alpha value is -1.84. The van der Waals surface area contributed by atoms with Gasteiger partial charge in [-0.25, -0.2) is 0 Å². The lowest BCUT2D eigenvalue weighted by Crippen LogP contribution is -2.48. The number of nitrogens with one attached hydrogen (secondary N) is 2. The molecule has 0 aromatic heterocycles. The quantitative estimate of drug-likeness (QED) is 0.814. The van der Waals surface area contributed by atoms with E-state index in [-0.39, 0.29) is 23.8 Å². The topological polar surface area (TPSA) is 58.2 Å². The maximum atomic E-state index is 12.5.